The number of amides is 2. The predicted octanol–water partition coefficient (Wildman–Crippen LogP) is 1.45. The van der Waals surface area contributed by atoms with Crippen LogP contribution in [0.25, 0.3) is 0 Å². The lowest BCUT2D eigenvalue weighted by atomic mass is 9.96. The van der Waals surface area contributed by atoms with Gasteiger partial charge in [0.1, 0.15) is 17.7 Å². The fraction of sp³-hybridized carbons (Fsp3) is 0.333. The number of terminal acetylenes is 1. The van der Waals surface area contributed by atoms with Gasteiger partial charge in [-0.25, -0.2) is 8.78 Å². The van der Waals surface area contributed by atoms with Gasteiger partial charge in [0.2, 0.25) is 11.8 Å². The summed E-state index contributed by atoms with van der Waals surface area (Å²) in [5.74, 6) is -0.861. The van der Waals surface area contributed by atoms with Crippen molar-refractivity contribution in [2.45, 2.75) is 31.7 Å². The van der Waals surface area contributed by atoms with E-state index < -0.39 is 35.4 Å². The van der Waals surface area contributed by atoms with E-state index in [9.17, 15) is 18.4 Å². The molecule has 6 heteroatoms. The van der Waals surface area contributed by atoms with Gasteiger partial charge in [-0.05, 0) is 17.5 Å². The number of nitrogens with one attached hydrogen (secondary N) is 1. The second-order valence-electron chi connectivity index (χ2n) is 4.70. The third-order valence-corrected chi connectivity index (χ3v) is 2.99. The third-order valence-electron chi connectivity index (χ3n) is 2.99. The number of rotatable bonds is 6. The minimum Gasteiger partial charge on any atom is -0.368 e. The van der Waals surface area contributed by atoms with Crippen LogP contribution in [0.2, 0.25) is 0 Å². The Morgan fingerprint density at radius 1 is 1.43 bits per heavy atom. The number of hydrogen-bond acceptors (Lipinski definition) is 2. The molecule has 112 valence electrons. The number of benzene rings is 1. The lowest BCUT2D eigenvalue weighted by Gasteiger charge is -2.16. The lowest BCUT2D eigenvalue weighted by Crippen LogP contribution is -2.44. The van der Waals surface area contributed by atoms with E-state index in [4.69, 9.17) is 12.2 Å². The van der Waals surface area contributed by atoms with E-state index in [0.29, 0.717) is 0 Å². The Morgan fingerprint density at radius 3 is 2.62 bits per heavy atom. The Labute approximate surface area is 121 Å². The number of hydrogen-bond donors (Lipinski definition) is 2. The maximum Gasteiger partial charge on any atom is 0.240 e. The van der Waals surface area contributed by atoms with Gasteiger partial charge in [0.15, 0.2) is 0 Å². The molecule has 0 saturated carbocycles. The second kappa shape index (κ2) is 7.39. The van der Waals surface area contributed by atoms with Crippen molar-refractivity contribution in [2.75, 3.05) is 0 Å². The first kappa shape index (κ1) is 16.6. The highest BCUT2D eigenvalue weighted by atomic mass is 19.1. The van der Waals surface area contributed by atoms with E-state index in [0.717, 1.165) is 12.1 Å². The summed E-state index contributed by atoms with van der Waals surface area (Å²) < 4.78 is 26.4. The SMILES string of the molecule is C#CC[C@H](NC(=O)C[C@H](C)c1ccc(F)cc1F)C(N)=O. The van der Waals surface area contributed by atoms with Gasteiger partial charge in [0.05, 0.1) is 0 Å². The van der Waals surface area contributed by atoms with Gasteiger partial charge in [0, 0.05) is 18.9 Å². The highest BCUT2D eigenvalue weighted by Crippen LogP contribution is 2.22. The molecular formula is C15H16F2N2O2. The number of carbonyl (C=O) groups is 2. The fourth-order valence-electron chi connectivity index (χ4n) is 1.88. The molecule has 0 aromatic heterocycles. The maximum atomic E-state index is 13.6. The summed E-state index contributed by atoms with van der Waals surface area (Å²) in [6.07, 6.45) is 4.99. The third kappa shape index (κ3) is 4.88. The van der Waals surface area contributed by atoms with E-state index in [1.807, 2.05) is 0 Å². The Hall–Kier alpha value is -2.42. The topological polar surface area (TPSA) is 72.2 Å². The lowest BCUT2D eigenvalue weighted by molar-refractivity contribution is -0.127. The summed E-state index contributed by atoms with van der Waals surface area (Å²) in [6.45, 7) is 1.62. The molecule has 1 aromatic rings. The van der Waals surface area contributed by atoms with Crippen molar-refractivity contribution < 1.29 is 18.4 Å². The normalized spacial score (nSPS) is 13.0. The average Bonchev–Trinajstić information content (AvgIpc) is 2.37. The van der Waals surface area contributed by atoms with Crippen molar-refractivity contribution in [3.05, 3.63) is 35.4 Å². The molecule has 0 unspecified atom stereocenters. The standard InChI is InChI=1S/C15H16F2N2O2/c1-3-4-13(15(18)21)19-14(20)7-9(2)11-6-5-10(16)8-12(11)17/h1,5-6,8-9,13H,4,7H2,2H3,(H2,18,21)(H,19,20)/t9-,13-/m0/s1. The summed E-state index contributed by atoms with van der Waals surface area (Å²) in [5.41, 5.74) is 5.32. The van der Waals surface area contributed by atoms with Crippen molar-refractivity contribution in [3.8, 4) is 12.3 Å². The van der Waals surface area contributed by atoms with Crippen LogP contribution in [-0.2, 0) is 9.59 Å². The molecule has 21 heavy (non-hydrogen) atoms. The summed E-state index contributed by atoms with van der Waals surface area (Å²) >= 11 is 0. The van der Waals surface area contributed by atoms with Crippen molar-refractivity contribution in [1.82, 2.24) is 5.32 Å². The molecule has 2 amide bonds. The molecule has 4 nitrogen and oxygen atoms in total. The Kier molecular flexibility index (Phi) is 5.85. The maximum absolute atomic E-state index is 13.6. The molecule has 0 fully saturated rings. The summed E-state index contributed by atoms with van der Waals surface area (Å²) in [6, 6.07) is 2.22. The molecule has 1 aromatic carbocycles. The molecular weight excluding hydrogens is 278 g/mol. The van der Waals surface area contributed by atoms with Gasteiger partial charge in [-0.1, -0.05) is 13.0 Å². The molecule has 0 heterocycles. The van der Waals surface area contributed by atoms with Crippen LogP contribution in [0.4, 0.5) is 8.78 Å². The smallest absolute Gasteiger partial charge is 0.240 e. The first-order chi connectivity index (χ1) is 9.85. The van der Waals surface area contributed by atoms with Crippen molar-refractivity contribution in [3.63, 3.8) is 0 Å². The Bertz CT molecular complexity index is 582. The molecule has 0 bridgehead atoms. The van der Waals surface area contributed by atoms with Crippen LogP contribution < -0.4 is 11.1 Å². The largest absolute Gasteiger partial charge is 0.368 e. The van der Waals surface area contributed by atoms with Crippen LogP contribution >= 0.6 is 0 Å². The summed E-state index contributed by atoms with van der Waals surface area (Å²) in [4.78, 5) is 22.9. The molecule has 1 rings (SSSR count). The van der Waals surface area contributed by atoms with Crippen LogP contribution in [0.1, 0.15) is 31.2 Å². The zero-order valence-electron chi connectivity index (χ0n) is 11.5. The van der Waals surface area contributed by atoms with Crippen LogP contribution in [0.15, 0.2) is 18.2 Å². The highest BCUT2D eigenvalue weighted by molar-refractivity contribution is 5.87. The Balaban J connectivity index is 2.69. The van der Waals surface area contributed by atoms with Crippen LogP contribution in [0.3, 0.4) is 0 Å². The van der Waals surface area contributed by atoms with E-state index in [-0.39, 0.29) is 18.4 Å². The molecule has 0 aliphatic carbocycles. The average molecular weight is 294 g/mol. The zero-order chi connectivity index (χ0) is 16.0. The van der Waals surface area contributed by atoms with Crippen molar-refractivity contribution >= 4 is 11.8 Å². The molecule has 0 aliphatic rings. The van der Waals surface area contributed by atoms with Crippen LogP contribution in [-0.4, -0.2) is 17.9 Å². The first-order valence-electron chi connectivity index (χ1n) is 6.32. The monoisotopic (exact) mass is 294 g/mol. The molecule has 3 N–H and O–H groups in total. The minimum absolute atomic E-state index is 0.0135. The molecule has 0 spiro atoms. The zero-order valence-corrected chi connectivity index (χ0v) is 11.5. The van der Waals surface area contributed by atoms with Crippen molar-refractivity contribution in [1.29, 1.82) is 0 Å². The van der Waals surface area contributed by atoms with Gasteiger partial charge >= 0.3 is 0 Å². The molecule has 2 atom stereocenters. The van der Waals surface area contributed by atoms with E-state index in [1.54, 1.807) is 6.92 Å². The fourth-order valence-corrected chi connectivity index (χ4v) is 1.88. The second-order valence-corrected chi connectivity index (χ2v) is 4.70. The number of nitrogens with two attached hydrogens (primary N) is 1. The Morgan fingerprint density at radius 2 is 2.10 bits per heavy atom. The van der Waals surface area contributed by atoms with Gasteiger partial charge in [0.25, 0.3) is 0 Å². The molecule has 0 aliphatic heterocycles. The summed E-state index contributed by atoms with van der Waals surface area (Å²) in [7, 11) is 0. The van der Waals surface area contributed by atoms with Crippen LogP contribution in [0, 0.1) is 24.0 Å². The summed E-state index contributed by atoms with van der Waals surface area (Å²) in [5, 5.41) is 2.40. The quantitative estimate of drug-likeness (QED) is 0.779. The number of carbonyl (C=O) groups excluding carboxylic acids is 2. The van der Waals surface area contributed by atoms with E-state index in [1.165, 1.54) is 6.07 Å². The number of halogens is 2. The van der Waals surface area contributed by atoms with Gasteiger partial charge in [-0.3, -0.25) is 9.59 Å². The minimum atomic E-state index is -0.951. The molecule has 0 saturated heterocycles. The first-order valence-corrected chi connectivity index (χ1v) is 6.32. The van der Waals surface area contributed by atoms with E-state index >= 15 is 0 Å². The van der Waals surface area contributed by atoms with Gasteiger partial charge in [-0.15, -0.1) is 12.3 Å². The van der Waals surface area contributed by atoms with Crippen molar-refractivity contribution in [2.24, 2.45) is 5.73 Å². The van der Waals surface area contributed by atoms with Gasteiger partial charge in [-0.2, -0.15) is 0 Å². The number of primary amides is 1. The van der Waals surface area contributed by atoms with E-state index in [2.05, 4.69) is 11.2 Å². The predicted molar refractivity (Wildman–Crippen MR) is 74.0 cm³/mol. The molecule has 0 radical (unpaired) electrons. The van der Waals surface area contributed by atoms with Gasteiger partial charge < -0.3 is 11.1 Å². The highest BCUT2D eigenvalue weighted by Gasteiger charge is 2.20. The van der Waals surface area contributed by atoms with Crippen LogP contribution in [0.5, 0.6) is 0 Å².